The average Bonchev–Trinajstić information content (AvgIpc) is 2.67. The third kappa shape index (κ3) is 7.04. The van der Waals surface area contributed by atoms with Gasteiger partial charge in [-0.2, -0.15) is 0 Å². The topological polar surface area (TPSA) is 108 Å². The van der Waals surface area contributed by atoms with E-state index < -0.39 is 23.4 Å². The lowest BCUT2D eigenvalue weighted by atomic mass is 9.87. The van der Waals surface area contributed by atoms with Crippen LogP contribution in [0.25, 0.3) is 0 Å². The maximum Gasteiger partial charge on any atom is 0.309 e. The number of amides is 1. The van der Waals surface area contributed by atoms with Gasteiger partial charge in [-0.3, -0.25) is 19.7 Å². The molecule has 2 aromatic rings. The summed E-state index contributed by atoms with van der Waals surface area (Å²) in [4.78, 5) is 33.9. The minimum atomic E-state index is -0.663. The molecule has 160 valence electrons. The second-order valence-electron chi connectivity index (χ2n) is 7.50. The fourth-order valence-electron chi connectivity index (χ4n) is 2.43. The molecule has 8 nitrogen and oxygen atoms in total. The predicted octanol–water partition coefficient (Wildman–Crippen LogP) is 4.50. The summed E-state index contributed by atoms with van der Waals surface area (Å²) in [6.45, 7) is 5.90. The maximum absolute atomic E-state index is 11.9. The molecule has 0 bridgehead atoms. The first-order valence-corrected chi connectivity index (χ1v) is 9.57. The van der Waals surface area contributed by atoms with Gasteiger partial charge in [-0.05, 0) is 29.2 Å². The first-order valence-electron chi connectivity index (χ1n) is 9.19. The van der Waals surface area contributed by atoms with Crippen molar-refractivity contribution in [3.8, 4) is 5.75 Å². The normalized spacial score (nSPS) is 10.9. The summed E-state index contributed by atoms with van der Waals surface area (Å²) in [6.07, 6.45) is -0.0358. The molecule has 0 aliphatic rings. The van der Waals surface area contributed by atoms with E-state index in [-0.39, 0.29) is 34.8 Å². The van der Waals surface area contributed by atoms with Crippen LogP contribution in [0.5, 0.6) is 5.75 Å². The Morgan fingerprint density at radius 3 is 2.40 bits per heavy atom. The van der Waals surface area contributed by atoms with E-state index in [0.717, 1.165) is 6.07 Å². The van der Waals surface area contributed by atoms with Crippen LogP contribution in [0.15, 0.2) is 42.5 Å². The van der Waals surface area contributed by atoms with Gasteiger partial charge < -0.3 is 14.8 Å². The average molecular weight is 435 g/mol. The zero-order valence-corrected chi connectivity index (χ0v) is 17.7. The smallest absolute Gasteiger partial charge is 0.309 e. The molecule has 0 fully saturated rings. The molecule has 0 spiro atoms. The number of benzene rings is 2. The van der Waals surface area contributed by atoms with Gasteiger partial charge in [0.15, 0.2) is 6.61 Å². The highest BCUT2D eigenvalue weighted by molar-refractivity contribution is 6.33. The second kappa shape index (κ2) is 10.1. The Bertz CT molecular complexity index is 922. The van der Waals surface area contributed by atoms with Crippen molar-refractivity contribution in [2.75, 3.05) is 18.5 Å². The van der Waals surface area contributed by atoms with E-state index in [1.807, 2.05) is 24.3 Å². The lowest BCUT2D eigenvalue weighted by Gasteiger charge is -2.19. The lowest BCUT2D eigenvalue weighted by molar-refractivity contribution is -0.384. The molecule has 2 aromatic carbocycles. The lowest BCUT2D eigenvalue weighted by Crippen LogP contribution is -2.21. The van der Waals surface area contributed by atoms with Crippen LogP contribution < -0.4 is 10.1 Å². The highest BCUT2D eigenvalue weighted by Crippen LogP contribution is 2.26. The van der Waals surface area contributed by atoms with Crippen LogP contribution in [0.1, 0.15) is 32.8 Å². The third-order valence-corrected chi connectivity index (χ3v) is 4.42. The molecule has 0 heterocycles. The fourth-order valence-corrected chi connectivity index (χ4v) is 2.60. The van der Waals surface area contributed by atoms with E-state index in [9.17, 15) is 19.7 Å². The van der Waals surface area contributed by atoms with Gasteiger partial charge in [0, 0.05) is 12.1 Å². The maximum atomic E-state index is 11.9. The zero-order chi connectivity index (χ0) is 22.3. The molecule has 0 atom stereocenters. The van der Waals surface area contributed by atoms with Crippen molar-refractivity contribution in [2.45, 2.75) is 32.6 Å². The molecule has 0 aliphatic heterocycles. The van der Waals surface area contributed by atoms with Crippen LogP contribution in [-0.4, -0.2) is 30.0 Å². The minimum Gasteiger partial charge on any atom is -0.493 e. The number of nitrogens with zero attached hydrogens (tertiary/aromatic N) is 1. The number of nitro groups is 1. The molecule has 0 unspecified atom stereocenters. The Balaban J connectivity index is 1.75. The van der Waals surface area contributed by atoms with E-state index in [2.05, 4.69) is 26.1 Å². The largest absolute Gasteiger partial charge is 0.493 e. The van der Waals surface area contributed by atoms with E-state index in [4.69, 9.17) is 21.1 Å². The fraction of sp³-hybridized carbons (Fsp3) is 0.333. The van der Waals surface area contributed by atoms with Crippen LogP contribution in [-0.2, 0) is 19.7 Å². The van der Waals surface area contributed by atoms with Crippen LogP contribution in [0, 0.1) is 10.1 Å². The monoisotopic (exact) mass is 434 g/mol. The number of anilines is 1. The van der Waals surface area contributed by atoms with Crippen molar-refractivity contribution in [2.24, 2.45) is 0 Å². The van der Waals surface area contributed by atoms with Gasteiger partial charge in [0.1, 0.15) is 5.75 Å². The molecule has 0 aromatic heterocycles. The summed E-state index contributed by atoms with van der Waals surface area (Å²) in [5, 5.41) is 13.3. The molecule has 9 heteroatoms. The van der Waals surface area contributed by atoms with Gasteiger partial charge in [0.25, 0.3) is 11.6 Å². The standard InChI is InChI=1S/C21H23ClN2O6/c1-21(2,3)14-4-7-16(8-5-14)29-11-10-20(26)30-13-19(25)23-18-12-15(24(27)28)6-9-17(18)22/h4-9,12H,10-11,13H2,1-3H3,(H,23,25). The van der Waals surface area contributed by atoms with Crippen molar-refractivity contribution >= 4 is 34.9 Å². The molecule has 0 radical (unpaired) electrons. The van der Waals surface area contributed by atoms with Crippen LogP contribution in [0.3, 0.4) is 0 Å². The van der Waals surface area contributed by atoms with Gasteiger partial charge >= 0.3 is 5.97 Å². The van der Waals surface area contributed by atoms with Crippen molar-refractivity contribution in [1.82, 2.24) is 0 Å². The number of carbonyl (C=O) groups excluding carboxylic acids is 2. The second-order valence-corrected chi connectivity index (χ2v) is 7.91. The van der Waals surface area contributed by atoms with Crippen molar-refractivity contribution in [3.05, 3.63) is 63.2 Å². The number of nitro benzene ring substituents is 1. The third-order valence-electron chi connectivity index (χ3n) is 4.09. The molecule has 0 aliphatic carbocycles. The number of hydrogen-bond acceptors (Lipinski definition) is 6. The summed E-state index contributed by atoms with van der Waals surface area (Å²) >= 11 is 5.91. The molecule has 1 N–H and O–H groups in total. The van der Waals surface area contributed by atoms with E-state index in [1.165, 1.54) is 17.7 Å². The van der Waals surface area contributed by atoms with Crippen molar-refractivity contribution in [1.29, 1.82) is 0 Å². The molecule has 2 rings (SSSR count). The van der Waals surface area contributed by atoms with E-state index in [1.54, 1.807) is 0 Å². The van der Waals surface area contributed by atoms with Crippen molar-refractivity contribution < 1.29 is 24.0 Å². The van der Waals surface area contributed by atoms with Gasteiger partial charge in [-0.25, -0.2) is 0 Å². The first-order chi connectivity index (χ1) is 14.1. The molecular weight excluding hydrogens is 412 g/mol. The molecule has 30 heavy (non-hydrogen) atoms. The van der Waals surface area contributed by atoms with Crippen LogP contribution in [0.2, 0.25) is 5.02 Å². The number of hydrogen-bond donors (Lipinski definition) is 1. The van der Waals surface area contributed by atoms with Crippen LogP contribution >= 0.6 is 11.6 Å². The Morgan fingerprint density at radius 1 is 1.13 bits per heavy atom. The molecular formula is C21H23ClN2O6. The summed E-state index contributed by atoms with van der Waals surface area (Å²) in [7, 11) is 0. The summed E-state index contributed by atoms with van der Waals surface area (Å²) in [5.41, 5.74) is 1.05. The van der Waals surface area contributed by atoms with Crippen molar-refractivity contribution in [3.63, 3.8) is 0 Å². The zero-order valence-electron chi connectivity index (χ0n) is 16.9. The van der Waals surface area contributed by atoms with Gasteiger partial charge in [0.05, 0.1) is 28.7 Å². The molecule has 1 amide bonds. The van der Waals surface area contributed by atoms with E-state index >= 15 is 0 Å². The number of non-ortho nitro benzene ring substituents is 1. The van der Waals surface area contributed by atoms with Crippen LogP contribution in [0.4, 0.5) is 11.4 Å². The number of esters is 1. The first kappa shape index (κ1) is 23.2. The van der Waals surface area contributed by atoms with Gasteiger partial charge in [-0.15, -0.1) is 0 Å². The van der Waals surface area contributed by atoms with Gasteiger partial charge in [0.2, 0.25) is 0 Å². The Morgan fingerprint density at radius 2 is 1.80 bits per heavy atom. The highest BCUT2D eigenvalue weighted by Gasteiger charge is 2.15. The quantitative estimate of drug-likeness (QED) is 0.372. The molecule has 0 saturated carbocycles. The van der Waals surface area contributed by atoms with E-state index in [0.29, 0.717) is 5.75 Å². The number of nitrogens with one attached hydrogen (secondary N) is 1. The SMILES string of the molecule is CC(C)(C)c1ccc(OCCC(=O)OCC(=O)Nc2cc([N+](=O)[O-])ccc2Cl)cc1. The summed E-state index contributed by atoms with van der Waals surface area (Å²) in [6, 6.07) is 11.3. The Labute approximate surface area is 179 Å². The number of carbonyl (C=O) groups is 2. The molecule has 0 saturated heterocycles. The number of ether oxygens (including phenoxy) is 2. The summed E-state index contributed by atoms with van der Waals surface area (Å²) in [5.74, 6) is -0.639. The highest BCUT2D eigenvalue weighted by atomic mass is 35.5. The number of rotatable bonds is 8. The summed E-state index contributed by atoms with van der Waals surface area (Å²) < 4.78 is 10.4. The Kier molecular flexibility index (Phi) is 7.77. The van der Waals surface area contributed by atoms with Gasteiger partial charge in [-0.1, -0.05) is 44.5 Å². The minimum absolute atomic E-state index is 0.0358. The number of halogens is 1. The Hall–Kier alpha value is -3.13. The predicted molar refractivity (Wildman–Crippen MR) is 113 cm³/mol.